The molecule has 0 aliphatic rings. The summed E-state index contributed by atoms with van der Waals surface area (Å²) >= 11 is 1.42. The van der Waals surface area contributed by atoms with Gasteiger partial charge in [-0.15, -0.1) is 11.3 Å². The highest BCUT2D eigenvalue weighted by Gasteiger charge is 2.18. The minimum absolute atomic E-state index is 0.515. The zero-order chi connectivity index (χ0) is 11.9. The van der Waals surface area contributed by atoms with Crippen molar-refractivity contribution < 1.29 is 8.98 Å². The Hall–Kier alpha value is -1.06. The van der Waals surface area contributed by atoms with Crippen LogP contribution in [0.15, 0.2) is 16.5 Å². The van der Waals surface area contributed by atoms with Crippen molar-refractivity contribution in [1.82, 2.24) is 4.98 Å². The van der Waals surface area contributed by atoms with Crippen LogP contribution in [0.3, 0.4) is 0 Å². The van der Waals surface area contributed by atoms with E-state index in [4.69, 9.17) is 10.2 Å². The van der Waals surface area contributed by atoms with Crippen LogP contribution >= 0.6 is 18.5 Å². The maximum atomic E-state index is 11.8. The van der Waals surface area contributed by atoms with Gasteiger partial charge in [-0.1, -0.05) is 0 Å². The first-order valence-electron chi connectivity index (χ1n) is 4.76. The SMILES string of the molecule is Cc1sc(N)nc1-c1ccc(P(C)(C)=O)o1. The largest absolute Gasteiger partial charge is 0.451 e. The number of aryl methyl sites for hydroxylation is 1. The van der Waals surface area contributed by atoms with Crippen molar-refractivity contribution in [1.29, 1.82) is 0 Å². The molecule has 0 saturated carbocycles. The second-order valence-electron chi connectivity index (χ2n) is 3.95. The zero-order valence-corrected chi connectivity index (χ0v) is 11.1. The lowest BCUT2D eigenvalue weighted by Crippen LogP contribution is -1.97. The quantitative estimate of drug-likeness (QED) is 0.838. The second kappa shape index (κ2) is 3.75. The molecule has 2 heterocycles. The van der Waals surface area contributed by atoms with Crippen molar-refractivity contribution in [2.75, 3.05) is 19.1 Å². The predicted octanol–water partition coefficient (Wildman–Crippen LogP) is 2.54. The fourth-order valence-electron chi connectivity index (χ4n) is 1.39. The summed E-state index contributed by atoms with van der Waals surface area (Å²) in [5, 5.41) is 0.515. The lowest BCUT2D eigenvalue weighted by atomic mass is 10.3. The van der Waals surface area contributed by atoms with E-state index in [9.17, 15) is 4.57 Å². The van der Waals surface area contributed by atoms with Crippen molar-refractivity contribution in [2.45, 2.75) is 6.92 Å². The maximum absolute atomic E-state index is 11.8. The van der Waals surface area contributed by atoms with E-state index < -0.39 is 7.14 Å². The van der Waals surface area contributed by atoms with Gasteiger partial charge in [0.15, 0.2) is 16.4 Å². The molecule has 0 amide bonds. The number of hydrogen-bond acceptors (Lipinski definition) is 5. The van der Waals surface area contributed by atoms with Gasteiger partial charge in [-0.25, -0.2) is 4.98 Å². The van der Waals surface area contributed by atoms with Crippen LogP contribution in [-0.4, -0.2) is 18.3 Å². The van der Waals surface area contributed by atoms with Gasteiger partial charge in [0.1, 0.15) is 12.8 Å². The third-order valence-corrected chi connectivity index (χ3v) is 4.27. The fourth-order valence-corrected chi connectivity index (χ4v) is 2.84. The van der Waals surface area contributed by atoms with E-state index in [1.807, 2.05) is 6.92 Å². The Labute approximate surface area is 97.9 Å². The standard InChI is InChI=1S/C10H13N2O2PS/c1-6-9(12-10(11)16-6)7-4-5-8(14-7)15(2,3)13/h4-5H,1-3H3,(H2,11,12). The van der Waals surface area contributed by atoms with Gasteiger partial charge >= 0.3 is 0 Å². The van der Waals surface area contributed by atoms with Crippen LogP contribution in [0.4, 0.5) is 5.13 Å². The molecule has 0 saturated heterocycles. The summed E-state index contributed by atoms with van der Waals surface area (Å²) in [4.78, 5) is 5.19. The summed E-state index contributed by atoms with van der Waals surface area (Å²) in [6.07, 6.45) is 0. The van der Waals surface area contributed by atoms with E-state index in [0.717, 1.165) is 10.6 Å². The molecule has 2 N–H and O–H groups in total. The second-order valence-corrected chi connectivity index (χ2v) is 8.32. The van der Waals surface area contributed by atoms with Crippen LogP contribution in [0.2, 0.25) is 0 Å². The molecule has 0 bridgehead atoms. The normalized spacial score (nSPS) is 11.9. The third-order valence-electron chi connectivity index (χ3n) is 2.17. The molecule has 0 radical (unpaired) electrons. The number of nitrogen functional groups attached to an aromatic ring is 1. The van der Waals surface area contributed by atoms with Gasteiger partial charge in [0.2, 0.25) is 0 Å². The molecule has 2 aromatic heterocycles. The number of nitrogens with two attached hydrogens (primary N) is 1. The zero-order valence-electron chi connectivity index (χ0n) is 9.35. The monoisotopic (exact) mass is 256 g/mol. The molecular formula is C10H13N2O2PS. The number of furan rings is 1. The van der Waals surface area contributed by atoms with Crippen molar-refractivity contribution >= 4 is 29.1 Å². The summed E-state index contributed by atoms with van der Waals surface area (Å²) in [7, 11) is -2.35. The van der Waals surface area contributed by atoms with E-state index in [2.05, 4.69) is 4.98 Å². The van der Waals surface area contributed by atoms with Crippen molar-refractivity contribution in [3.8, 4) is 11.5 Å². The molecule has 2 aromatic rings. The summed E-state index contributed by atoms with van der Waals surface area (Å²) < 4.78 is 17.4. The van der Waals surface area contributed by atoms with Gasteiger partial charge in [0.25, 0.3) is 0 Å². The number of rotatable bonds is 2. The lowest BCUT2D eigenvalue weighted by molar-refractivity contribution is 0.568. The topological polar surface area (TPSA) is 69.1 Å². The Morgan fingerprint density at radius 3 is 2.56 bits per heavy atom. The Kier molecular flexibility index (Phi) is 2.68. The number of hydrogen-bond donors (Lipinski definition) is 1. The average molecular weight is 256 g/mol. The van der Waals surface area contributed by atoms with E-state index in [0.29, 0.717) is 16.4 Å². The van der Waals surface area contributed by atoms with Gasteiger partial charge < -0.3 is 14.7 Å². The highest BCUT2D eigenvalue weighted by molar-refractivity contribution is 7.69. The Morgan fingerprint density at radius 1 is 1.44 bits per heavy atom. The smallest absolute Gasteiger partial charge is 0.180 e. The fraction of sp³-hybridized carbons (Fsp3) is 0.300. The average Bonchev–Trinajstić information content (AvgIpc) is 2.70. The Balaban J connectivity index is 2.47. The molecule has 6 heteroatoms. The highest BCUT2D eigenvalue weighted by Crippen LogP contribution is 2.37. The number of anilines is 1. The predicted molar refractivity (Wildman–Crippen MR) is 68.1 cm³/mol. The lowest BCUT2D eigenvalue weighted by Gasteiger charge is -2.00. The number of nitrogens with zero attached hydrogens (tertiary/aromatic N) is 1. The third kappa shape index (κ3) is 2.06. The molecule has 0 unspecified atom stereocenters. The Morgan fingerprint density at radius 2 is 2.12 bits per heavy atom. The maximum Gasteiger partial charge on any atom is 0.180 e. The first kappa shape index (κ1) is 11.4. The van der Waals surface area contributed by atoms with Crippen molar-refractivity contribution in [3.63, 3.8) is 0 Å². The van der Waals surface area contributed by atoms with Gasteiger partial charge in [0.05, 0.1) is 0 Å². The van der Waals surface area contributed by atoms with Crippen molar-refractivity contribution in [3.05, 3.63) is 17.0 Å². The van der Waals surface area contributed by atoms with Crippen LogP contribution < -0.4 is 11.2 Å². The van der Waals surface area contributed by atoms with Crippen LogP contribution in [0.1, 0.15) is 4.88 Å². The molecule has 0 aliphatic heterocycles. The molecule has 0 aliphatic carbocycles. The van der Waals surface area contributed by atoms with Crippen LogP contribution in [0.25, 0.3) is 11.5 Å². The summed E-state index contributed by atoms with van der Waals surface area (Å²) in [5.41, 5.74) is 6.88. The summed E-state index contributed by atoms with van der Waals surface area (Å²) in [6, 6.07) is 3.53. The number of thiazole rings is 1. The molecular weight excluding hydrogens is 243 g/mol. The molecule has 0 aromatic carbocycles. The highest BCUT2D eigenvalue weighted by atomic mass is 32.1. The van der Waals surface area contributed by atoms with Gasteiger partial charge in [-0.2, -0.15) is 0 Å². The van der Waals surface area contributed by atoms with Gasteiger partial charge in [-0.05, 0) is 32.4 Å². The van der Waals surface area contributed by atoms with E-state index in [1.165, 1.54) is 11.3 Å². The Bertz CT molecular complexity index is 567. The van der Waals surface area contributed by atoms with Crippen LogP contribution in [0.5, 0.6) is 0 Å². The molecule has 0 atom stereocenters. The van der Waals surface area contributed by atoms with E-state index >= 15 is 0 Å². The molecule has 86 valence electrons. The number of aromatic nitrogens is 1. The van der Waals surface area contributed by atoms with Crippen LogP contribution in [0, 0.1) is 6.92 Å². The molecule has 2 rings (SSSR count). The molecule has 16 heavy (non-hydrogen) atoms. The minimum Gasteiger partial charge on any atom is -0.451 e. The molecule has 0 spiro atoms. The van der Waals surface area contributed by atoms with E-state index in [1.54, 1.807) is 25.5 Å². The summed E-state index contributed by atoms with van der Waals surface area (Å²) in [6.45, 7) is 5.29. The minimum atomic E-state index is -2.35. The van der Waals surface area contributed by atoms with Gasteiger partial charge in [-0.3, -0.25) is 0 Å². The van der Waals surface area contributed by atoms with Crippen molar-refractivity contribution in [2.24, 2.45) is 0 Å². The summed E-state index contributed by atoms with van der Waals surface area (Å²) in [5.74, 6) is 0.629. The molecule has 4 nitrogen and oxygen atoms in total. The van der Waals surface area contributed by atoms with Crippen LogP contribution in [-0.2, 0) is 4.57 Å². The molecule has 0 fully saturated rings. The first-order valence-corrected chi connectivity index (χ1v) is 8.18. The van der Waals surface area contributed by atoms with Gasteiger partial charge in [0, 0.05) is 4.88 Å². The first-order chi connectivity index (χ1) is 7.38. The van der Waals surface area contributed by atoms with E-state index in [-0.39, 0.29) is 0 Å².